The highest BCUT2D eigenvalue weighted by atomic mass is 14.1. The molecule has 1 radical (unpaired) electrons. The summed E-state index contributed by atoms with van der Waals surface area (Å²) in [5.41, 5.74) is 1.30. The highest BCUT2D eigenvalue weighted by molar-refractivity contribution is 6.23. The molecule has 0 atom stereocenters. The molecule has 0 aliphatic heterocycles. The van der Waals surface area contributed by atoms with E-state index in [0.717, 1.165) is 0 Å². The Morgan fingerprint density at radius 1 is 0.765 bits per heavy atom. The van der Waals surface area contributed by atoms with Crippen molar-refractivity contribution in [3.8, 4) is 0 Å². The molecule has 0 nitrogen and oxygen atoms in total. The molecule has 0 N–H and O–H groups in total. The Labute approximate surface area is 99.8 Å². The van der Waals surface area contributed by atoms with Crippen molar-refractivity contribution in [2.45, 2.75) is 6.92 Å². The molecule has 0 unspecified atom stereocenters. The first-order valence-corrected chi connectivity index (χ1v) is 5.89. The van der Waals surface area contributed by atoms with Crippen LogP contribution in [0.4, 0.5) is 0 Å². The Morgan fingerprint density at radius 3 is 2.35 bits per heavy atom. The summed E-state index contributed by atoms with van der Waals surface area (Å²) in [5.74, 6) is 0. The summed E-state index contributed by atoms with van der Waals surface area (Å²) in [6.07, 6.45) is 0. The van der Waals surface area contributed by atoms with E-state index in [-0.39, 0.29) is 0 Å². The van der Waals surface area contributed by atoms with E-state index in [2.05, 4.69) is 61.5 Å². The maximum atomic E-state index is 3.43. The van der Waals surface area contributed by atoms with Gasteiger partial charge >= 0.3 is 0 Å². The van der Waals surface area contributed by atoms with E-state index in [1.807, 2.05) is 0 Å². The van der Waals surface area contributed by atoms with Gasteiger partial charge in [0.05, 0.1) is 0 Å². The predicted molar refractivity (Wildman–Crippen MR) is 73.7 cm³/mol. The summed E-state index contributed by atoms with van der Waals surface area (Å²) in [4.78, 5) is 0. The van der Waals surface area contributed by atoms with Crippen molar-refractivity contribution in [1.29, 1.82) is 0 Å². The Kier molecular flexibility index (Phi) is 1.58. The van der Waals surface area contributed by atoms with Crippen molar-refractivity contribution >= 4 is 32.3 Å². The summed E-state index contributed by atoms with van der Waals surface area (Å²) < 4.78 is 0. The molecule has 0 spiro atoms. The Balaban J connectivity index is 2.48. The average molecular weight is 215 g/mol. The van der Waals surface area contributed by atoms with Gasteiger partial charge in [-0.3, -0.25) is 0 Å². The fourth-order valence-corrected chi connectivity index (χ4v) is 2.78. The molecule has 4 aromatic rings. The van der Waals surface area contributed by atoms with Gasteiger partial charge < -0.3 is 0 Å². The summed E-state index contributed by atoms with van der Waals surface area (Å²) in [6.45, 7) is 2.16. The summed E-state index contributed by atoms with van der Waals surface area (Å²) in [5, 5.41) is 7.91. The second-order valence-corrected chi connectivity index (χ2v) is 4.66. The van der Waals surface area contributed by atoms with Crippen LogP contribution in [0.5, 0.6) is 0 Å². The SMILES string of the molecule is Cc1ccc2ccc3cccc4c[c]c1c2c43. The Morgan fingerprint density at radius 2 is 1.47 bits per heavy atom. The minimum atomic E-state index is 1.26. The lowest BCUT2D eigenvalue weighted by molar-refractivity contribution is 1.54. The van der Waals surface area contributed by atoms with E-state index < -0.39 is 0 Å². The van der Waals surface area contributed by atoms with E-state index in [1.54, 1.807) is 0 Å². The van der Waals surface area contributed by atoms with Crippen LogP contribution in [-0.4, -0.2) is 0 Å². The molecule has 0 heteroatoms. The quantitative estimate of drug-likeness (QED) is 0.373. The molecule has 79 valence electrons. The zero-order valence-corrected chi connectivity index (χ0v) is 9.62. The maximum absolute atomic E-state index is 3.43. The van der Waals surface area contributed by atoms with E-state index >= 15 is 0 Å². The molecule has 4 aromatic carbocycles. The number of hydrogen-bond acceptors (Lipinski definition) is 0. The van der Waals surface area contributed by atoms with Crippen molar-refractivity contribution in [2.75, 3.05) is 0 Å². The standard InChI is InChI=1S/C17H11/c1-11-5-6-14-8-7-12-3-2-4-13-9-10-15(11)17(14)16(12)13/h2-9H,1H3. The third kappa shape index (κ3) is 1.07. The van der Waals surface area contributed by atoms with Crippen LogP contribution in [0, 0.1) is 13.0 Å². The number of aryl methyl sites for hydroxylation is 1. The first-order valence-electron chi connectivity index (χ1n) is 5.89. The predicted octanol–water partition coefficient (Wildman–Crippen LogP) is 4.69. The van der Waals surface area contributed by atoms with Gasteiger partial charge in [-0.1, -0.05) is 42.5 Å². The smallest absolute Gasteiger partial charge is 0.00179 e. The number of rotatable bonds is 0. The zero-order valence-electron chi connectivity index (χ0n) is 9.62. The van der Waals surface area contributed by atoms with Crippen molar-refractivity contribution in [3.05, 3.63) is 60.2 Å². The van der Waals surface area contributed by atoms with Gasteiger partial charge in [-0.15, -0.1) is 0 Å². The number of hydrogen-bond donors (Lipinski definition) is 0. The molecule has 0 aliphatic carbocycles. The Hall–Kier alpha value is -2.08. The lowest BCUT2D eigenvalue weighted by Gasteiger charge is -2.11. The van der Waals surface area contributed by atoms with Crippen LogP contribution in [0.2, 0.25) is 0 Å². The minimum absolute atomic E-state index is 1.26. The molecule has 0 bridgehead atoms. The van der Waals surface area contributed by atoms with Crippen LogP contribution in [0.15, 0.2) is 48.5 Å². The van der Waals surface area contributed by atoms with E-state index in [9.17, 15) is 0 Å². The fraction of sp³-hybridized carbons (Fsp3) is 0.0588. The van der Waals surface area contributed by atoms with E-state index in [0.29, 0.717) is 0 Å². The maximum Gasteiger partial charge on any atom is -0.00179 e. The number of benzene rings is 4. The first kappa shape index (κ1) is 9.00. The van der Waals surface area contributed by atoms with Crippen LogP contribution in [0.25, 0.3) is 32.3 Å². The lowest BCUT2D eigenvalue weighted by Crippen LogP contribution is -1.85. The first-order chi connectivity index (χ1) is 8.34. The molecule has 0 amide bonds. The van der Waals surface area contributed by atoms with E-state index in [1.165, 1.54) is 37.9 Å². The van der Waals surface area contributed by atoms with Gasteiger partial charge in [0.2, 0.25) is 0 Å². The van der Waals surface area contributed by atoms with Gasteiger partial charge in [-0.05, 0) is 56.9 Å². The van der Waals surface area contributed by atoms with Gasteiger partial charge in [0.25, 0.3) is 0 Å². The van der Waals surface area contributed by atoms with Crippen LogP contribution in [0.3, 0.4) is 0 Å². The average Bonchev–Trinajstić information content (AvgIpc) is 2.38. The monoisotopic (exact) mass is 215 g/mol. The minimum Gasteiger partial charge on any atom is -0.0610 e. The van der Waals surface area contributed by atoms with Crippen molar-refractivity contribution in [3.63, 3.8) is 0 Å². The lowest BCUT2D eigenvalue weighted by atomic mass is 9.92. The molecule has 17 heavy (non-hydrogen) atoms. The molecule has 0 aliphatic rings. The van der Waals surface area contributed by atoms with Gasteiger partial charge in [0.15, 0.2) is 0 Å². The zero-order chi connectivity index (χ0) is 11.4. The van der Waals surface area contributed by atoms with Crippen LogP contribution in [0.1, 0.15) is 5.56 Å². The van der Waals surface area contributed by atoms with Crippen molar-refractivity contribution in [2.24, 2.45) is 0 Å². The third-order valence-corrected chi connectivity index (χ3v) is 3.64. The fourth-order valence-electron chi connectivity index (χ4n) is 2.78. The second kappa shape index (κ2) is 2.98. The molecule has 4 rings (SSSR count). The van der Waals surface area contributed by atoms with E-state index in [4.69, 9.17) is 0 Å². The topological polar surface area (TPSA) is 0 Å². The van der Waals surface area contributed by atoms with Gasteiger partial charge in [-0.25, -0.2) is 0 Å². The molecule has 0 heterocycles. The molecule has 0 aromatic heterocycles. The molecular formula is C17H11. The normalized spacial score (nSPS) is 11.8. The van der Waals surface area contributed by atoms with Crippen LogP contribution in [-0.2, 0) is 0 Å². The summed E-state index contributed by atoms with van der Waals surface area (Å²) in [7, 11) is 0. The highest BCUT2D eigenvalue weighted by Gasteiger charge is 2.08. The largest absolute Gasteiger partial charge is 0.0610 e. The van der Waals surface area contributed by atoms with Gasteiger partial charge in [-0.2, -0.15) is 0 Å². The van der Waals surface area contributed by atoms with Gasteiger partial charge in [0.1, 0.15) is 0 Å². The molecule has 0 saturated heterocycles. The van der Waals surface area contributed by atoms with Crippen molar-refractivity contribution < 1.29 is 0 Å². The highest BCUT2D eigenvalue weighted by Crippen LogP contribution is 2.35. The molecular weight excluding hydrogens is 204 g/mol. The van der Waals surface area contributed by atoms with Gasteiger partial charge in [0, 0.05) is 0 Å². The van der Waals surface area contributed by atoms with Crippen molar-refractivity contribution in [1.82, 2.24) is 0 Å². The third-order valence-electron chi connectivity index (χ3n) is 3.64. The second-order valence-electron chi connectivity index (χ2n) is 4.66. The molecule has 0 saturated carbocycles. The Bertz CT molecular complexity index is 824. The summed E-state index contributed by atoms with van der Waals surface area (Å²) in [6, 6.07) is 20.8. The van der Waals surface area contributed by atoms with Crippen LogP contribution >= 0.6 is 0 Å². The molecule has 0 fully saturated rings. The van der Waals surface area contributed by atoms with Crippen LogP contribution < -0.4 is 0 Å². The summed E-state index contributed by atoms with van der Waals surface area (Å²) >= 11 is 0.